The normalized spacial score (nSPS) is 12.6. The Balaban J connectivity index is 1.65. The van der Waals surface area contributed by atoms with Crippen molar-refractivity contribution in [3.05, 3.63) is 63.8 Å². The van der Waals surface area contributed by atoms with Crippen molar-refractivity contribution in [1.29, 1.82) is 0 Å². The van der Waals surface area contributed by atoms with Gasteiger partial charge in [0.1, 0.15) is 16.1 Å². The number of methoxy groups -OCH3 is 1. The maximum absolute atomic E-state index is 14.4. The average molecular weight is 469 g/mol. The van der Waals surface area contributed by atoms with Crippen LogP contribution in [0, 0.1) is 0 Å². The van der Waals surface area contributed by atoms with Crippen molar-refractivity contribution < 1.29 is 18.7 Å². The number of H-pyrrole nitrogens is 1. The predicted octanol–water partition coefficient (Wildman–Crippen LogP) is 5.78. The first-order valence-electron chi connectivity index (χ1n) is 10.5. The fourth-order valence-corrected chi connectivity index (χ4v) is 4.58. The van der Waals surface area contributed by atoms with Gasteiger partial charge < -0.3 is 14.5 Å². The number of thiophene rings is 1. The molecule has 2 aromatic carbocycles. The highest BCUT2D eigenvalue weighted by molar-refractivity contribution is 7.17. The van der Waals surface area contributed by atoms with Gasteiger partial charge >= 0.3 is 6.09 Å². The Bertz CT molecular complexity index is 1370. The molecule has 1 atom stereocenters. The van der Waals surface area contributed by atoms with E-state index in [4.69, 9.17) is 9.47 Å². The largest absolute Gasteiger partial charge is 0.496 e. The van der Waals surface area contributed by atoms with Crippen LogP contribution in [0.1, 0.15) is 26.3 Å². The van der Waals surface area contributed by atoms with Crippen molar-refractivity contribution in [2.45, 2.75) is 39.1 Å². The van der Waals surface area contributed by atoms with Crippen molar-refractivity contribution in [2.24, 2.45) is 0 Å². The number of alkyl halides is 1. The fraction of sp³-hybridized carbons (Fsp3) is 0.280. The number of aromatic amines is 1. The number of rotatable bonds is 5. The Morgan fingerprint density at radius 3 is 2.55 bits per heavy atom. The third kappa shape index (κ3) is 4.85. The molecule has 0 saturated heterocycles. The van der Waals surface area contributed by atoms with E-state index in [9.17, 15) is 14.0 Å². The van der Waals surface area contributed by atoms with E-state index >= 15 is 0 Å². The van der Waals surface area contributed by atoms with Crippen LogP contribution in [-0.2, 0) is 11.2 Å². The second-order valence-electron chi connectivity index (χ2n) is 8.70. The Morgan fingerprint density at radius 2 is 1.88 bits per heavy atom. The molecule has 4 aromatic rings. The summed E-state index contributed by atoms with van der Waals surface area (Å²) in [4.78, 5) is 27.1. The molecule has 33 heavy (non-hydrogen) atoms. The predicted molar refractivity (Wildman–Crippen MR) is 130 cm³/mol. The van der Waals surface area contributed by atoms with Gasteiger partial charge in [-0.3, -0.25) is 10.1 Å². The number of amides is 1. The summed E-state index contributed by atoms with van der Waals surface area (Å²) in [5.74, 6) is 0.671. The van der Waals surface area contributed by atoms with Crippen LogP contribution in [-0.4, -0.2) is 30.1 Å². The summed E-state index contributed by atoms with van der Waals surface area (Å²) in [6.07, 6.45) is -2.36. The molecule has 0 spiro atoms. The van der Waals surface area contributed by atoms with Gasteiger partial charge in [0.05, 0.1) is 7.11 Å². The lowest BCUT2D eigenvalue weighted by Crippen LogP contribution is -2.37. The van der Waals surface area contributed by atoms with Crippen molar-refractivity contribution >= 4 is 38.4 Å². The first kappa shape index (κ1) is 22.8. The van der Waals surface area contributed by atoms with Gasteiger partial charge in [0.15, 0.2) is 6.30 Å². The minimum atomic E-state index is -1.58. The number of ether oxygens (including phenoxy) is 2. The van der Waals surface area contributed by atoms with Crippen LogP contribution in [0.25, 0.3) is 32.1 Å². The lowest BCUT2D eigenvalue weighted by Gasteiger charge is -2.20. The Kier molecular flexibility index (Phi) is 6.12. The molecule has 0 saturated carbocycles. The molecule has 2 heterocycles. The van der Waals surface area contributed by atoms with E-state index in [0.717, 1.165) is 33.0 Å². The summed E-state index contributed by atoms with van der Waals surface area (Å²) < 4.78 is 25.8. The van der Waals surface area contributed by atoms with Gasteiger partial charge in [0.2, 0.25) is 0 Å². The fourth-order valence-electron chi connectivity index (χ4n) is 3.79. The number of pyridine rings is 1. The van der Waals surface area contributed by atoms with Gasteiger partial charge in [-0.15, -0.1) is 11.3 Å². The first-order valence-corrected chi connectivity index (χ1v) is 11.4. The van der Waals surface area contributed by atoms with Crippen LogP contribution in [0.3, 0.4) is 0 Å². The maximum atomic E-state index is 14.4. The highest BCUT2D eigenvalue weighted by Crippen LogP contribution is 2.40. The molecule has 2 aromatic heterocycles. The number of benzene rings is 2. The minimum absolute atomic E-state index is 0.00822. The number of hydrogen-bond donors (Lipinski definition) is 2. The number of carbonyl (C=O) groups excluding carboxylic acids is 1. The summed E-state index contributed by atoms with van der Waals surface area (Å²) in [5.41, 5.74) is 2.35. The summed E-state index contributed by atoms with van der Waals surface area (Å²) in [6, 6.07) is 13.0. The van der Waals surface area contributed by atoms with E-state index in [1.165, 1.54) is 11.3 Å². The average Bonchev–Trinajstić information content (AvgIpc) is 3.23. The summed E-state index contributed by atoms with van der Waals surface area (Å²) in [6.45, 7) is 5.17. The van der Waals surface area contributed by atoms with E-state index in [2.05, 4.69) is 10.3 Å². The van der Waals surface area contributed by atoms with Crippen molar-refractivity contribution in [3.63, 3.8) is 0 Å². The summed E-state index contributed by atoms with van der Waals surface area (Å²) in [5, 5.41) is 5.87. The number of alkyl carbamates (subject to hydrolysis) is 1. The van der Waals surface area contributed by atoms with Crippen molar-refractivity contribution in [2.75, 3.05) is 7.11 Å². The SMILES string of the molecule is COc1ccc2[nH]c(=O)c3sccc3c2c1-c1ccc(CC(F)NC(=O)OC(C)(C)C)cc1. The summed E-state index contributed by atoms with van der Waals surface area (Å²) in [7, 11) is 1.60. The van der Waals surface area contributed by atoms with Gasteiger partial charge in [-0.2, -0.15) is 0 Å². The van der Waals surface area contributed by atoms with E-state index in [0.29, 0.717) is 10.4 Å². The quantitative estimate of drug-likeness (QED) is 0.364. The topological polar surface area (TPSA) is 80.4 Å². The first-order chi connectivity index (χ1) is 15.7. The smallest absolute Gasteiger partial charge is 0.409 e. The lowest BCUT2D eigenvalue weighted by atomic mass is 9.96. The van der Waals surface area contributed by atoms with Crippen molar-refractivity contribution in [3.8, 4) is 16.9 Å². The molecule has 172 valence electrons. The standard InChI is InChI=1S/C25H25FN2O4S/c1-25(2,3)32-24(30)28-19(26)13-14-5-7-15(8-6-14)20-18(31-4)10-9-17-21(20)16-11-12-33-22(16)23(29)27-17/h5-12,19H,13H2,1-4H3,(H,27,29)(H,28,30). The monoisotopic (exact) mass is 468 g/mol. The number of nitrogens with one attached hydrogen (secondary N) is 2. The molecule has 8 heteroatoms. The lowest BCUT2D eigenvalue weighted by molar-refractivity contribution is 0.0453. The number of aromatic nitrogens is 1. The maximum Gasteiger partial charge on any atom is 0.409 e. The van der Waals surface area contributed by atoms with Gasteiger partial charge in [-0.25, -0.2) is 9.18 Å². The zero-order chi connectivity index (χ0) is 23.8. The molecule has 0 bridgehead atoms. The zero-order valence-corrected chi connectivity index (χ0v) is 19.6. The highest BCUT2D eigenvalue weighted by Gasteiger charge is 2.20. The minimum Gasteiger partial charge on any atom is -0.496 e. The zero-order valence-electron chi connectivity index (χ0n) is 18.8. The van der Waals surface area contributed by atoms with Crippen molar-refractivity contribution in [1.82, 2.24) is 10.3 Å². The number of fused-ring (bicyclic) bond motifs is 3. The molecule has 0 aliphatic rings. The Labute approximate surface area is 194 Å². The third-order valence-corrected chi connectivity index (χ3v) is 6.02. The van der Waals surface area contributed by atoms with Crippen LogP contribution in [0.4, 0.5) is 9.18 Å². The van der Waals surface area contributed by atoms with Gasteiger partial charge in [-0.05, 0) is 55.5 Å². The van der Waals surface area contributed by atoms with Gasteiger partial charge in [-0.1, -0.05) is 24.3 Å². The summed E-state index contributed by atoms with van der Waals surface area (Å²) >= 11 is 1.39. The third-order valence-electron chi connectivity index (χ3n) is 5.11. The second kappa shape index (κ2) is 8.86. The highest BCUT2D eigenvalue weighted by atomic mass is 32.1. The van der Waals surface area contributed by atoms with Crippen LogP contribution >= 0.6 is 11.3 Å². The van der Waals surface area contributed by atoms with E-state index in [1.54, 1.807) is 27.9 Å². The molecule has 0 aliphatic carbocycles. The second-order valence-corrected chi connectivity index (χ2v) is 9.61. The molecular weight excluding hydrogens is 443 g/mol. The molecule has 4 rings (SSSR count). The number of halogens is 1. The van der Waals surface area contributed by atoms with Gasteiger partial charge in [0.25, 0.3) is 5.56 Å². The van der Waals surface area contributed by atoms with E-state index in [1.807, 2.05) is 47.8 Å². The molecule has 1 unspecified atom stereocenters. The van der Waals surface area contributed by atoms with E-state index in [-0.39, 0.29) is 12.0 Å². The number of hydrogen-bond acceptors (Lipinski definition) is 5. The van der Waals surface area contributed by atoms with Crippen LogP contribution in [0.15, 0.2) is 52.6 Å². The molecule has 2 N–H and O–H groups in total. The molecule has 0 fully saturated rings. The van der Waals surface area contributed by atoms with Crippen LogP contribution in [0.2, 0.25) is 0 Å². The van der Waals surface area contributed by atoms with Crippen LogP contribution < -0.4 is 15.6 Å². The Morgan fingerprint density at radius 1 is 1.15 bits per heavy atom. The van der Waals surface area contributed by atoms with Gasteiger partial charge in [0, 0.05) is 28.3 Å². The van der Waals surface area contributed by atoms with Crippen LogP contribution in [0.5, 0.6) is 5.75 Å². The Hall–Kier alpha value is -3.39. The molecule has 0 aliphatic heterocycles. The molecular formula is C25H25FN2O4S. The molecule has 1 amide bonds. The molecule has 6 nitrogen and oxygen atoms in total. The molecule has 0 radical (unpaired) electrons. The van der Waals surface area contributed by atoms with E-state index < -0.39 is 18.0 Å². The number of carbonyl (C=O) groups is 1.